The van der Waals surface area contributed by atoms with Gasteiger partial charge in [-0.3, -0.25) is 19.7 Å². The van der Waals surface area contributed by atoms with Crippen LogP contribution in [0.2, 0.25) is 0 Å². The summed E-state index contributed by atoms with van der Waals surface area (Å²) in [5.41, 5.74) is -0.394. The van der Waals surface area contributed by atoms with E-state index in [-0.39, 0.29) is 17.4 Å². The molecule has 2 rings (SSSR count). The molecule has 0 aliphatic carbocycles. The fourth-order valence-corrected chi connectivity index (χ4v) is 2.82. The van der Waals surface area contributed by atoms with Crippen LogP contribution in [0.4, 0.5) is 10.1 Å². The van der Waals surface area contributed by atoms with Crippen LogP contribution in [0.5, 0.6) is 0 Å². The van der Waals surface area contributed by atoms with E-state index in [1.54, 1.807) is 0 Å². The summed E-state index contributed by atoms with van der Waals surface area (Å²) in [5, 5.41) is 13.6. The van der Waals surface area contributed by atoms with Gasteiger partial charge in [-0.25, -0.2) is 0 Å². The summed E-state index contributed by atoms with van der Waals surface area (Å²) in [6.07, 6.45) is 0.486. The minimum absolute atomic E-state index is 0.0477. The van der Waals surface area contributed by atoms with Gasteiger partial charge in [0.25, 0.3) is 5.91 Å². The summed E-state index contributed by atoms with van der Waals surface area (Å²) in [7, 11) is 0. The standard InChI is InChI=1S/C16H20FN3O4/c1-9(2)6-14-15(21)18-4-5-19(14)16(22)11-8-13(20(23)24)12(17)7-10(11)3/h7-9,14H,4-6H2,1-3H3,(H,18,21)/t14-/m0/s1. The zero-order valence-electron chi connectivity index (χ0n) is 13.8. The molecule has 0 saturated carbocycles. The Morgan fingerprint density at radius 2 is 2.17 bits per heavy atom. The maximum Gasteiger partial charge on any atom is 0.305 e. The van der Waals surface area contributed by atoms with Crippen LogP contribution in [0.3, 0.4) is 0 Å². The molecule has 1 aromatic carbocycles. The number of rotatable bonds is 4. The van der Waals surface area contributed by atoms with Crippen molar-refractivity contribution in [3.05, 3.63) is 39.2 Å². The molecule has 0 unspecified atom stereocenters. The number of nitrogens with one attached hydrogen (secondary N) is 1. The van der Waals surface area contributed by atoms with Crippen LogP contribution in [-0.4, -0.2) is 40.8 Å². The van der Waals surface area contributed by atoms with Crippen molar-refractivity contribution >= 4 is 17.5 Å². The van der Waals surface area contributed by atoms with Crippen molar-refractivity contribution in [1.82, 2.24) is 10.2 Å². The Labute approximate surface area is 139 Å². The number of nitro groups is 1. The van der Waals surface area contributed by atoms with Gasteiger partial charge in [-0.2, -0.15) is 4.39 Å². The molecule has 1 aliphatic rings. The number of benzene rings is 1. The minimum atomic E-state index is -0.982. The van der Waals surface area contributed by atoms with Crippen molar-refractivity contribution < 1.29 is 18.9 Å². The second-order valence-electron chi connectivity index (χ2n) is 6.31. The van der Waals surface area contributed by atoms with E-state index in [4.69, 9.17) is 0 Å². The van der Waals surface area contributed by atoms with Gasteiger partial charge in [0.15, 0.2) is 0 Å². The molecule has 0 aromatic heterocycles. The number of piperazine rings is 1. The molecule has 1 atom stereocenters. The second-order valence-corrected chi connectivity index (χ2v) is 6.31. The number of aryl methyl sites for hydroxylation is 1. The van der Waals surface area contributed by atoms with Crippen LogP contribution in [-0.2, 0) is 4.79 Å². The third-order valence-corrected chi connectivity index (χ3v) is 4.01. The highest BCUT2D eigenvalue weighted by molar-refractivity contribution is 5.99. The molecule has 2 amide bonds. The summed E-state index contributed by atoms with van der Waals surface area (Å²) in [4.78, 5) is 36.4. The predicted octanol–water partition coefficient (Wildman–Crippen LogP) is 2.03. The Balaban J connectivity index is 2.40. The van der Waals surface area contributed by atoms with Crippen LogP contribution in [0.15, 0.2) is 12.1 Å². The maximum atomic E-state index is 13.7. The first-order valence-corrected chi connectivity index (χ1v) is 7.75. The van der Waals surface area contributed by atoms with E-state index in [9.17, 15) is 24.1 Å². The third kappa shape index (κ3) is 3.52. The van der Waals surface area contributed by atoms with Crippen molar-refractivity contribution in [1.29, 1.82) is 0 Å². The van der Waals surface area contributed by atoms with Crippen LogP contribution < -0.4 is 5.32 Å². The van der Waals surface area contributed by atoms with Crippen molar-refractivity contribution in [2.75, 3.05) is 13.1 Å². The molecule has 0 radical (unpaired) electrons. The number of carbonyl (C=O) groups is 2. The van der Waals surface area contributed by atoms with Gasteiger partial charge in [-0.1, -0.05) is 13.8 Å². The highest BCUT2D eigenvalue weighted by Gasteiger charge is 2.35. The average molecular weight is 337 g/mol. The summed E-state index contributed by atoms with van der Waals surface area (Å²) >= 11 is 0. The molecule has 0 bridgehead atoms. The Morgan fingerprint density at radius 3 is 2.75 bits per heavy atom. The molecular weight excluding hydrogens is 317 g/mol. The van der Waals surface area contributed by atoms with Gasteiger partial charge >= 0.3 is 5.69 Å². The molecular formula is C16H20FN3O4. The normalized spacial score (nSPS) is 17.8. The first kappa shape index (κ1) is 17.8. The van der Waals surface area contributed by atoms with E-state index >= 15 is 0 Å². The van der Waals surface area contributed by atoms with Gasteiger partial charge in [0, 0.05) is 24.7 Å². The summed E-state index contributed by atoms with van der Waals surface area (Å²) in [5.74, 6) is -1.52. The minimum Gasteiger partial charge on any atom is -0.353 e. The molecule has 130 valence electrons. The Hall–Kier alpha value is -2.51. The molecule has 24 heavy (non-hydrogen) atoms. The first-order chi connectivity index (χ1) is 11.2. The van der Waals surface area contributed by atoms with E-state index in [0.29, 0.717) is 25.1 Å². The zero-order valence-corrected chi connectivity index (χ0v) is 13.8. The van der Waals surface area contributed by atoms with Crippen molar-refractivity contribution in [2.24, 2.45) is 5.92 Å². The highest BCUT2D eigenvalue weighted by Crippen LogP contribution is 2.25. The van der Waals surface area contributed by atoms with Crippen LogP contribution in [0.1, 0.15) is 36.2 Å². The Morgan fingerprint density at radius 1 is 1.50 bits per heavy atom. The third-order valence-electron chi connectivity index (χ3n) is 4.01. The SMILES string of the molecule is Cc1cc(F)c([N+](=O)[O-])cc1C(=O)N1CCNC(=O)[C@@H]1CC(C)C. The summed E-state index contributed by atoms with van der Waals surface area (Å²) in [6, 6.07) is 1.30. The molecule has 8 heteroatoms. The lowest BCUT2D eigenvalue weighted by Gasteiger charge is -2.36. The summed E-state index contributed by atoms with van der Waals surface area (Å²) < 4.78 is 13.7. The molecule has 1 fully saturated rings. The topological polar surface area (TPSA) is 92.6 Å². The van der Waals surface area contributed by atoms with Gasteiger partial charge in [0.2, 0.25) is 11.7 Å². The number of amides is 2. The van der Waals surface area contributed by atoms with Crippen molar-refractivity contribution in [3.8, 4) is 0 Å². The van der Waals surface area contributed by atoms with E-state index in [1.807, 2.05) is 13.8 Å². The lowest BCUT2D eigenvalue weighted by atomic mass is 9.98. The van der Waals surface area contributed by atoms with E-state index in [1.165, 1.54) is 11.8 Å². The van der Waals surface area contributed by atoms with Crippen molar-refractivity contribution in [2.45, 2.75) is 33.2 Å². The Bertz CT molecular complexity index is 690. The molecule has 1 heterocycles. The molecule has 0 spiro atoms. The van der Waals surface area contributed by atoms with E-state index in [2.05, 4.69) is 5.32 Å². The quantitative estimate of drug-likeness (QED) is 0.672. The fourth-order valence-electron chi connectivity index (χ4n) is 2.82. The average Bonchev–Trinajstić information content (AvgIpc) is 2.48. The zero-order chi connectivity index (χ0) is 18.0. The molecule has 1 aliphatic heterocycles. The number of carbonyl (C=O) groups excluding carboxylic acids is 2. The number of hydrogen-bond donors (Lipinski definition) is 1. The molecule has 1 N–H and O–H groups in total. The van der Waals surface area contributed by atoms with Gasteiger partial charge in [0.05, 0.1) is 4.92 Å². The molecule has 1 aromatic rings. The van der Waals surface area contributed by atoms with Gasteiger partial charge < -0.3 is 10.2 Å². The Kier molecular flexibility index (Phi) is 5.16. The summed E-state index contributed by atoms with van der Waals surface area (Å²) in [6.45, 7) is 6.03. The largest absolute Gasteiger partial charge is 0.353 e. The highest BCUT2D eigenvalue weighted by atomic mass is 19.1. The van der Waals surface area contributed by atoms with Crippen LogP contribution in [0.25, 0.3) is 0 Å². The number of nitrogens with zero attached hydrogens (tertiary/aromatic N) is 2. The second kappa shape index (κ2) is 6.94. The lowest BCUT2D eigenvalue weighted by molar-refractivity contribution is -0.387. The van der Waals surface area contributed by atoms with Crippen LogP contribution in [0, 0.1) is 28.8 Å². The first-order valence-electron chi connectivity index (χ1n) is 7.75. The van der Waals surface area contributed by atoms with Crippen molar-refractivity contribution in [3.63, 3.8) is 0 Å². The van der Waals surface area contributed by atoms with E-state index < -0.39 is 28.4 Å². The monoisotopic (exact) mass is 337 g/mol. The maximum absolute atomic E-state index is 13.7. The number of hydrogen-bond acceptors (Lipinski definition) is 4. The smallest absolute Gasteiger partial charge is 0.305 e. The molecule has 7 nitrogen and oxygen atoms in total. The van der Waals surface area contributed by atoms with Gasteiger partial charge in [-0.05, 0) is 30.9 Å². The lowest BCUT2D eigenvalue weighted by Crippen LogP contribution is -2.57. The van der Waals surface area contributed by atoms with Crippen LogP contribution >= 0.6 is 0 Å². The number of nitro benzene ring substituents is 1. The van der Waals surface area contributed by atoms with E-state index in [0.717, 1.165) is 12.1 Å². The predicted molar refractivity (Wildman–Crippen MR) is 85.1 cm³/mol. The number of halogens is 1. The van der Waals surface area contributed by atoms with Gasteiger partial charge in [0.1, 0.15) is 6.04 Å². The molecule has 1 saturated heterocycles. The fraction of sp³-hybridized carbons (Fsp3) is 0.500. The van der Waals surface area contributed by atoms with Gasteiger partial charge in [-0.15, -0.1) is 0 Å².